The molecular weight excluding hydrogens is 366 g/mol. The average Bonchev–Trinajstić information content (AvgIpc) is 3.06. The minimum Gasteiger partial charge on any atom is -0.344 e. The smallest absolute Gasteiger partial charge is 0.209 e. The summed E-state index contributed by atoms with van der Waals surface area (Å²) in [6.45, 7) is 10.9. The molecule has 0 atom stereocenters. The van der Waals surface area contributed by atoms with E-state index < -0.39 is 0 Å². The van der Waals surface area contributed by atoms with Crippen molar-refractivity contribution in [3.05, 3.63) is 83.6 Å². The van der Waals surface area contributed by atoms with E-state index in [1.807, 2.05) is 0 Å². The van der Waals surface area contributed by atoms with Crippen molar-refractivity contribution in [3.63, 3.8) is 0 Å². The molecule has 0 spiro atoms. The predicted molar refractivity (Wildman–Crippen MR) is 128 cm³/mol. The predicted octanol–water partition coefficient (Wildman–Crippen LogP) is 5.28. The van der Waals surface area contributed by atoms with E-state index in [9.17, 15) is 0 Å². The average molecular weight is 401 g/mol. The second-order valence-electron chi connectivity index (χ2n) is 9.43. The quantitative estimate of drug-likeness (QED) is 0.693. The molecule has 3 nitrogen and oxygen atoms in total. The highest BCUT2D eigenvalue weighted by Gasteiger charge is 2.43. The molecule has 0 saturated carbocycles. The van der Waals surface area contributed by atoms with Gasteiger partial charge in [0, 0.05) is 41.1 Å². The fourth-order valence-electron chi connectivity index (χ4n) is 5.16. The molecule has 4 rings (SSSR count). The highest BCUT2D eigenvalue weighted by Crippen LogP contribution is 2.47. The van der Waals surface area contributed by atoms with Crippen molar-refractivity contribution in [2.45, 2.75) is 44.9 Å². The van der Waals surface area contributed by atoms with E-state index in [0.29, 0.717) is 6.54 Å². The van der Waals surface area contributed by atoms with Crippen LogP contribution in [0.15, 0.2) is 72.5 Å². The van der Waals surface area contributed by atoms with Gasteiger partial charge in [-0.05, 0) is 44.5 Å². The summed E-state index contributed by atoms with van der Waals surface area (Å²) in [5, 5.41) is 0. The molecule has 0 fully saturated rings. The van der Waals surface area contributed by atoms with Crippen LogP contribution in [0.5, 0.6) is 0 Å². The van der Waals surface area contributed by atoms with Crippen LogP contribution < -0.4 is 10.6 Å². The molecule has 0 radical (unpaired) electrons. The fraction of sp³-hybridized carbons (Fsp3) is 0.370. The molecule has 0 aromatic heterocycles. The zero-order chi connectivity index (χ0) is 21.5. The Balaban J connectivity index is 1.71. The fourth-order valence-corrected chi connectivity index (χ4v) is 5.16. The number of hydrogen-bond donors (Lipinski definition) is 1. The van der Waals surface area contributed by atoms with E-state index in [1.54, 1.807) is 0 Å². The van der Waals surface area contributed by atoms with Crippen molar-refractivity contribution >= 4 is 17.1 Å². The second kappa shape index (κ2) is 7.55. The number of allylic oxidation sites excluding steroid dienone is 4. The third-order valence-electron chi connectivity index (χ3n) is 6.83. The van der Waals surface area contributed by atoms with Crippen LogP contribution in [0.4, 0.5) is 11.4 Å². The summed E-state index contributed by atoms with van der Waals surface area (Å²) in [4.78, 5) is 2.45. The number of rotatable bonds is 5. The number of anilines is 1. The number of benzene rings is 2. The van der Waals surface area contributed by atoms with Gasteiger partial charge in [-0.2, -0.15) is 4.58 Å². The number of nitrogens with two attached hydrogens (primary N) is 1. The maximum Gasteiger partial charge on any atom is 0.209 e. The van der Waals surface area contributed by atoms with Crippen LogP contribution in [0.1, 0.15) is 45.2 Å². The van der Waals surface area contributed by atoms with Gasteiger partial charge in [0.2, 0.25) is 5.69 Å². The summed E-state index contributed by atoms with van der Waals surface area (Å²) in [6.07, 6.45) is 7.80. The van der Waals surface area contributed by atoms with Gasteiger partial charge in [-0.15, -0.1) is 0 Å². The van der Waals surface area contributed by atoms with E-state index in [-0.39, 0.29) is 10.8 Å². The van der Waals surface area contributed by atoms with Crippen molar-refractivity contribution in [1.82, 2.24) is 0 Å². The molecule has 156 valence electrons. The third-order valence-corrected chi connectivity index (χ3v) is 6.83. The Morgan fingerprint density at radius 1 is 0.933 bits per heavy atom. The molecule has 2 aliphatic heterocycles. The van der Waals surface area contributed by atoms with Gasteiger partial charge < -0.3 is 10.6 Å². The first-order valence-corrected chi connectivity index (χ1v) is 11.0. The van der Waals surface area contributed by atoms with Gasteiger partial charge in [-0.3, -0.25) is 0 Å². The molecule has 3 heteroatoms. The van der Waals surface area contributed by atoms with Crippen LogP contribution in [0.3, 0.4) is 0 Å². The van der Waals surface area contributed by atoms with Crippen LogP contribution in [0.25, 0.3) is 0 Å². The molecule has 2 heterocycles. The number of nitrogens with zero attached hydrogens (tertiary/aromatic N) is 2. The van der Waals surface area contributed by atoms with Gasteiger partial charge in [0.25, 0.3) is 0 Å². The van der Waals surface area contributed by atoms with E-state index in [1.165, 1.54) is 33.9 Å². The molecule has 0 amide bonds. The van der Waals surface area contributed by atoms with Crippen molar-refractivity contribution in [2.24, 2.45) is 5.73 Å². The molecule has 0 bridgehead atoms. The third kappa shape index (κ3) is 3.13. The minimum atomic E-state index is -0.0275. The van der Waals surface area contributed by atoms with Crippen molar-refractivity contribution in [2.75, 3.05) is 25.0 Å². The lowest BCUT2D eigenvalue weighted by Gasteiger charge is -2.27. The molecule has 2 aromatic carbocycles. The van der Waals surface area contributed by atoms with Crippen LogP contribution in [-0.2, 0) is 10.8 Å². The summed E-state index contributed by atoms with van der Waals surface area (Å²) in [5.74, 6) is 0. The zero-order valence-corrected chi connectivity index (χ0v) is 18.9. The maximum absolute atomic E-state index is 5.84. The topological polar surface area (TPSA) is 32.3 Å². The number of hydrogen-bond acceptors (Lipinski definition) is 2. The summed E-state index contributed by atoms with van der Waals surface area (Å²) in [6, 6.07) is 17.5. The molecule has 2 aliphatic rings. The minimum absolute atomic E-state index is 0.00621. The lowest BCUT2D eigenvalue weighted by molar-refractivity contribution is -0.401. The number of fused-ring (bicyclic) bond motifs is 2. The van der Waals surface area contributed by atoms with Crippen LogP contribution in [0, 0.1) is 0 Å². The lowest BCUT2D eigenvalue weighted by Crippen LogP contribution is -2.28. The van der Waals surface area contributed by atoms with Crippen molar-refractivity contribution in [1.29, 1.82) is 0 Å². The van der Waals surface area contributed by atoms with Crippen molar-refractivity contribution < 1.29 is 4.58 Å². The van der Waals surface area contributed by atoms with E-state index >= 15 is 0 Å². The first-order chi connectivity index (χ1) is 14.3. The molecule has 30 heavy (non-hydrogen) atoms. The molecule has 2 aromatic rings. The Bertz CT molecular complexity index is 1050. The number of para-hydroxylation sites is 2. The van der Waals surface area contributed by atoms with Gasteiger partial charge in [0.15, 0.2) is 5.71 Å². The standard InChI is InChI=1S/C27H34N3/c1-26(2)20-12-6-8-14-22(20)29(5)24(26)16-10-17-25-27(3,4)21-13-7-9-15-23(21)30(25)19-11-18-28/h6-10,12-17H,11,18-19,28H2,1-5H3/q+1. The normalized spacial score (nSPS) is 20.3. The summed E-state index contributed by atoms with van der Waals surface area (Å²) < 4.78 is 2.32. The van der Waals surface area contributed by atoms with Crippen molar-refractivity contribution in [3.8, 4) is 0 Å². The Morgan fingerprint density at radius 2 is 1.60 bits per heavy atom. The van der Waals surface area contributed by atoms with E-state index in [2.05, 4.69) is 111 Å². The maximum atomic E-state index is 5.84. The lowest BCUT2D eigenvalue weighted by atomic mass is 9.81. The van der Waals surface area contributed by atoms with Gasteiger partial charge in [-0.1, -0.05) is 56.3 Å². The molecular formula is C27H34N3+. The highest BCUT2D eigenvalue weighted by atomic mass is 15.2. The molecule has 2 N–H and O–H groups in total. The molecule has 0 saturated heterocycles. The highest BCUT2D eigenvalue weighted by molar-refractivity contribution is 6.03. The van der Waals surface area contributed by atoms with Gasteiger partial charge in [-0.25, -0.2) is 0 Å². The van der Waals surface area contributed by atoms with Gasteiger partial charge >= 0.3 is 0 Å². The Labute approximate surface area is 181 Å². The van der Waals surface area contributed by atoms with Crippen LogP contribution >= 0.6 is 0 Å². The zero-order valence-electron chi connectivity index (χ0n) is 18.9. The second-order valence-corrected chi connectivity index (χ2v) is 9.43. The Hall–Kier alpha value is -2.65. The SMILES string of the molecule is C[N+]1=C(/C=C/C=C2/N(CCCN)c3ccccc3C2(C)C)C(C)(C)c2ccccc21. The first kappa shape index (κ1) is 20.6. The molecule has 0 unspecified atom stereocenters. The van der Waals surface area contributed by atoms with E-state index in [0.717, 1.165) is 13.0 Å². The van der Waals surface area contributed by atoms with Crippen LogP contribution in [0.2, 0.25) is 0 Å². The van der Waals surface area contributed by atoms with E-state index in [4.69, 9.17) is 5.73 Å². The summed E-state index contributed by atoms with van der Waals surface area (Å²) in [5.41, 5.74) is 13.9. The molecule has 0 aliphatic carbocycles. The van der Waals surface area contributed by atoms with Gasteiger partial charge in [0.05, 0.1) is 5.41 Å². The van der Waals surface area contributed by atoms with Crippen LogP contribution in [-0.4, -0.2) is 30.4 Å². The Morgan fingerprint density at radius 3 is 2.30 bits per heavy atom. The summed E-state index contributed by atoms with van der Waals surface area (Å²) >= 11 is 0. The van der Waals surface area contributed by atoms with Gasteiger partial charge in [0.1, 0.15) is 7.05 Å². The first-order valence-electron chi connectivity index (χ1n) is 11.0. The Kier molecular flexibility index (Phi) is 5.19. The largest absolute Gasteiger partial charge is 0.344 e. The monoisotopic (exact) mass is 400 g/mol. The summed E-state index contributed by atoms with van der Waals surface area (Å²) in [7, 11) is 2.17.